The second kappa shape index (κ2) is 6.78. The molecule has 3 aromatic rings. The van der Waals surface area contributed by atoms with E-state index >= 15 is 0 Å². The summed E-state index contributed by atoms with van der Waals surface area (Å²) in [4.78, 5) is 0. The van der Waals surface area contributed by atoms with E-state index < -0.39 is 16.0 Å². The fourth-order valence-corrected chi connectivity index (χ4v) is 3.42. The molecule has 0 aliphatic carbocycles. The lowest BCUT2D eigenvalue weighted by atomic mass is 10.1. The van der Waals surface area contributed by atoms with Gasteiger partial charge in [-0.05, 0) is 35.5 Å². The molecule has 3 rings (SSSR count). The molecule has 7 heteroatoms. The number of nitrogens with zero attached hydrogens (tertiary/aromatic N) is 4. The fourth-order valence-electron chi connectivity index (χ4n) is 2.26. The van der Waals surface area contributed by atoms with Crippen molar-refractivity contribution in [1.29, 1.82) is 0 Å². The molecule has 118 valence electrons. The van der Waals surface area contributed by atoms with Crippen LogP contribution in [0.25, 0.3) is 5.69 Å². The molecule has 0 saturated heterocycles. The van der Waals surface area contributed by atoms with E-state index in [0.717, 1.165) is 5.69 Å². The molecule has 0 aliphatic heterocycles. The summed E-state index contributed by atoms with van der Waals surface area (Å²) in [5, 5.41) is 11.1. The normalized spacial score (nSPS) is 13.7. The van der Waals surface area contributed by atoms with E-state index in [2.05, 4.69) is 15.5 Å². The van der Waals surface area contributed by atoms with Gasteiger partial charge in [-0.25, -0.2) is 4.39 Å². The van der Waals surface area contributed by atoms with Gasteiger partial charge in [0.25, 0.3) is 0 Å². The van der Waals surface area contributed by atoms with Gasteiger partial charge in [-0.1, -0.05) is 36.4 Å². The highest BCUT2D eigenvalue weighted by Crippen LogP contribution is 2.24. The molecule has 2 atom stereocenters. The Hall–Kier alpha value is -2.41. The number of aromatic nitrogens is 4. The highest BCUT2D eigenvalue weighted by atomic mass is 32.2. The average Bonchev–Trinajstić information content (AvgIpc) is 3.03. The molecule has 0 aliphatic rings. The van der Waals surface area contributed by atoms with E-state index in [-0.39, 0.29) is 11.6 Å². The minimum atomic E-state index is -1.34. The van der Waals surface area contributed by atoms with Gasteiger partial charge in [-0.15, -0.1) is 5.10 Å². The van der Waals surface area contributed by atoms with Crippen LogP contribution in [0, 0.1) is 5.82 Å². The summed E-state index contributed by atoms with van der Waals surface area (Å²) in [6, 6.07) is 15.7. The van der Waals surface area contributed by atoms with Crippen LogP contribution in [-0.4, -0.2) is 24.4 Å². The van der Waals surface area contributed by atoms with Crippen molar-refractivity contribution in [3.8, 4) is 5.69 Å². The lowest BCUT2D eigenvalue weighted by molar-refractivity contribution is 0.606. The Morgan fingerprint density at radius 1 is 1.13 bits per heavy atom. The summed E-state index contributed by atoms with van der Waals surface area (Å²) in [5.41, 5.74) is 1.23. The Balaban J connectivity index is 1.82. The maximum atomic E-state index is 13.8. The second-order valence-electron chi connectivity index (χ2n) is 5.03. The second-order valence-corrected chi connectivity index (χ2v) is 6.79. The van der Waals surface area contributed by atoms with Crippen LogP contribution in [0.15, 0.2) is 54.6 Å². The van der Waals surface area contributed by atoms with Crippen LogP contribution in [0.4, 0.5) is 4.39 Å². The van der Waals surface area contributed by atoms with Gasteiger partial charge in [-0.2, -0.15) is 4.68 Å². The van der Waals surface area contributed by atoms with Crippen LogP contribution in [0.3, 0.4) is 0 Å². The zero-order valence-corrected chi connectivity index (χ0v) is 13.3. The van der Waals surface area contributed by atoms with Crippen LogP contribution in [0.1, 0.15) is 23.6 Å². The van der Waals surface area contributed by atoms with Gasteiger partial charge in [-0.3, -0.25) is 4.21 Å². The van der Waals surface area contributed by atoms with Crippen molar-refractivity contribution in [1.82, 2.24) is 20.2 Å². The number of rotatable bonds is 5. The topological polar surface area (TPSA) is 60.7 Å². The van der Waals surface area contributed by atoms with Gasteiger partial charge in [0.2, 0.25) is 0 Å². The van der Waals surface area contributed by atoms with Gasteiger partial charge in [0.05, 0.1) is 16.7 Å². The van der Waals surface area contributed by atoms with Gasteiger partial charge >= 0.3 is 0 Å². The third-order valence-corrected chi connectivity index (χ3v) is 5.13. The van der Waals surface area contributed by atoms with E-state index in [1.54, 1.807) is 29.8 Å². The summed E-state index contributed by atoms with van der Waals surface area (Å²) in [6.07, 6.45) is 0. The predicted octanol–water partition coefficient (Wildman–Crippen LogP) is 2.81. The van der Waals surface area contributed by atoms with Crippen molar-refractivity contribution >= 4 is 10.8 Å². The van der Waals surface area contributed by atoms with E-state index in [0.29, 0.717) is 11.4 Å². The highest BCUT2D eigenvalue weighted by molar-refractivity contribution is 7.84. The lowest BCUT2D eigenvalue weighted by Crippen LogP contribution is -2.11. The van der Waals surface area contributed by atoms with E-state index in [9.17, 15) is 8.60 Å². The SMILES string of the molecule is C[C@H](c1ccccc1F)[S@](=O)Cc1nnnn1-c1ccccc1. The first kappa shape index (κ1) is 15.5. The zero-order chi connectivity index (χ0) is 16.2. The third kappa shape index (κ3) is 3.34. The number of tetrazole rings is 1. The van der Waals surface area contributed by atoms with Crippen molar-refractivity contribution in [3.05, 3.63) is 71.8 Å². The zero-order valence-electron chi connectivity index (χ0n) is 12.5. The van der Waals surface area contributed by atoms with Crippen LogP contribution in [0.5, 0.6) is 0 Å². The Morgan fingerprint density at radius 2 is 1.83 bits per heavy atom. The van der Waals surface area contributed by atoms with Gasteiger partial charge in [0.15, 0.2) is 5.82 Å². The summed E-state index contributed by atoms with van der Waals surface area (Å²) in [7, 11) is -1.34. The first-order valence-corrected chi connectivity index (χ1v) is 8.49. The Morgan fingerprint density at radius 3 is 2.57 bits per heavy atom. The molecular formula is C16H15FN4OS. The van der Waals surface area contributed by atoms with Crippen LogP contribution >= 0.6 is 0 Å². The number of benzene rings is 2. The first-order chi connectivity index (χ1) is 11.2. The molecular weight excluding hydrogens is 315 g/mol. The molecule has 0 spiro atoms. The molecule has 0 saturated carbocycles. The molecule has 0 bridgehead atoms. The minimum absolute atomic E-state index is 0.150. The van der Waals surface area contributed by atoms with Crippen molar-refractivity contribution in [2.75, 3.05) is 0 Å². The standard InChI is InChI=1S/C16H15FN4OS/c1-12(14-9-5-6-10-15(14)17)23(22)11-16-18-19-20-21(16)13-7-3-2-4-8-13/h2-10,12H,11H2,1H3/t12-,23-/m1/s1. The summed E-state index contributed by atoms with van der Waals surface area (Å²) >= 11 is 0. The predicted molar refractivity (Wildman–Crippen MR) is 85.8 cm³/mol. The lowest BCUT2D eigenvalue weighted by Gasteiger charge is -2.12. The van der Waals surface area contributed by atoms with Gasteiger partial charge < -0.3 is 0 Å². The number of para-hydroxylation sites is 1. The highest BCUT2D eigenvalue weighted by Gasteiger charge is 2.20. The van der Waals surface area contributed by atoms with Crippen LogP contribution in [0.2, 0.25) is 0 Å². The Kier molecular flexibility index (Phi) is 4.57. The number of halogens is 1. The summed E-state index contributed by atoms with van der Waals surface area (Å²) in [5.74, 6) is 0.283. The fraction of sp³-hybridized carbons (Fsp3) is 0.188. The molecule has 5 nitrogen and oxygen atoms in total. The van der Waals surface area contributed by atoms with Crippen molar-refractivity contribution < 1.29 is 8.60 Å². The van der Waals surface area contributed by atoms with Crippen molar-refractivity contribution in [2.24, 2.45) is 0 Å². The Bertz CT molecular complexity index is 822. The van der Waals surface area contributed by atoms with Gasteiger partial charge in [0, 0.05) is 16.4 Å². The van der Waals surface area contributed by atoms with Crippen molar-refractivity contribution in [3.63, 3.8) is 0 Å². The van der Waals surface area contributed by atoms with Crippen molar-refractivity contribution in [2.45, 2.75) is 17.9 Å². The minimum Gasteiger partial charge on any atom is -0.258 e. The molecule has 1 aromatic heterocycles. The molecule has 2 aromatic carbocycles. The third-order valence-electron chi connectivity index (χ3n) is 3.54. The first-order valence-electron chi connectivity index (χ1n) is 7.11. The quantitative estimate of drug-likeness (QED) is 0.722. The Labute approximate surface area is 135 Å². The summed E-state index contributed by atoms with van der Waals surface area (Å²) in [6.45, 7) is 1.74. The maximum absolute atomic E-state index is 13.8. The molecule has 0 fully saturated rings. The smallest absolute Gasteiger partial charge is 0.169 e. The maximum Gasteiger partial charge on any atom is 0.169 e. The van der Waals surface area contributed by atoms with E-state index in [1.807, 2.05) is 30.3 Å². The van der Waals surface area contributed by atoms with Crippen LogP contribution in [-0.2, 0) is 16.6 Å². The average molecular weight is 330 g/mol. The molecule has 0 radical (unpaired) electrons. The molecule has 0 amide bonds. The van der Waals surface area contributed by atoms with E-state index in [4.69, 9.17) is 0 Å². The molecule has 1 heterocycles. The van der Waals surface area contributed by atoms with Crippen LogP contribution < -0.4 is 0 Å². The molecule has 0 unspecified atom stereocenters. The molecule has 23 heavy (non-hydrogen) atoms. The number of hydrogen-bond donors (Lipinski definition) is 0. The van der Waals surface area contributed by atoms with E-state index in [1.165, 1.54) is 6.07 Å². The summed E-state index contributed by atoms with van der Waals surface area (Å²) < 4.78 is 28.0. The monoisotopic (exact) mass is 330 g/mol. The largest absolute Gasteiger partial charge is 0.258 e. The number of hydrogen-bond acceptors (Lipinski definition) is 4. The molecule has 0 N–H and O–H groups in total. The van der Waals surface area contributed by atoms with Gasteiger partial charge in [0.1, 0.15) is 5.82 Å².